The first-order valence-electron chi connectivity index (χ1n) is 11.0. The van der Waals surface area contributed by atoms with Crippen LogP contribution in [0.4, 0.5) is 0 Å². The molecule has 0 radical (unpaired) electrons. The van der Waals surface area contributed by atoms with Gasteiger partial charge in [0.25, 0.3) is 5.56 Å². The number of hydrogen-bond donors (Lipinski definition) is 2. The van der Waals surface area contributed by atoms with Crippen LogP contribution >= 0.6 is 0 Å². The van der Waals surface area contributed by atoms with Gasteiger partial charge in [-0.2, -0.15) is 0 Å². The number of aromatic amines is 1. The Morgan fingerprint density at radius 3 is 2.72 bits per heavy atom. The minimum absolute atomic E-state index is 0.141. The first-order chi connectivity index (χ1) is 15.6. The van der Waals surface area contributed by atoms with E-state index >= 15 is 0 Å². The smallest absolute Gasteiger partial charge is 0.254 e. The summed E-state index contributed by atoms with van der Waals surface area (Å²) in [7, 11) is 0. The second kappa shape index (κ2) is 10.2. The van der Waals surface area contributed by atoms with E-state index in [1.165, 1.54) is 12.8 Å². The van der Waals surface area contributed by atoms with Crippen molar-refractivity contribution in [2.75, 3.05) is 0 Å². The van der Waals surface area contributed by atoms with E-state index in [1.807, 2.05) is 12.1 Å². The molecule has 32 heavy (non-hydrogen) atoms. The van der Waals surface area contributed by atoms with Crippen molar-refractivity contribution >= 4 is 5.91 Å². The number of nitrogens with zero attached hydrogens (tertiary/aromatic N) is 3. The number of rotatable bonds is 8. The first kappa shape index (κ1) is 21.7. The number of ether oxygens (including phenoxy) is 1. The van der Waals surface area contributed by atoms with Gasteiger partial charge in [0.2, 0.25) is 11.8 Å². The SMILES string of the molecule is Cc1nc(-c2ccncc2)[nH]c(=O)c1CCC(=O)NCc1cccnc1OC1CCCC1. The van der Waals surface area contributed by atoms with Crippen LogP contribution in [0.1, 0.15) is 48.9 Å². The zero-order valence-electron chi connectivity index (χ0n) is 18.1. The van der Waals surface area contributed by atoms with E-state index in [2.05, 4.69) is 25.3 Å². The van der Waals surface area contributed by atoms with Gasteiger partial charge in [-0.05, 0) is 57.2 Å². The highest BCUT2D eigenvalue weighted by atomic mass is 16.5. The van der Waals surface area contributed by atoms with Crippen molar-refractivity contribution in [2.45, 2.75) is 58.1 Å². The van der Waals surface area contributed by atoms with Gasteiger partial charge in [-0.15, -0.1) is 0 Å². The fourth-order valence-electron chi connectivity index (χ4n) is 3.90. The molecule has 1 aliphatic rings. The molecule has 0 aliphatic heterocycles. The molecule has 8 nitrogen and oxygen atoms in total. The predicted octanol–water partition coefficient (Wildman–Crippen LogP) is 3.11. The number of nitrogens with one attached hydrogen (secondary N) is 2. The Kier molecular flexibility index (Phi) is 6.89. The second-order valence-corrected chi connectivity index (χ2v) is 7.98. The number of aryl methyl sites for hydroxylation is 1. The molecule has 1 amide bonds. The molecule has 0 saturated heterocycles. The molecule has 0 atom stereocenters. The van der Waals surface area contributed by atoms with Crippen molar-refractivity contribution in [3.63, 3.8) is 0 Å². The van der Waals surface area contributed by atoms with Crippen molar-refractivity contribution in [3.05, 3.63) is 70.0 Å². The molecule has 1 saturated carbocycles. The Bertz CT molecular complexity index is 1120. The molecule has 3 heterocycles. The summed E-state index contributed by atoms with van der Waals surface area (Å²) in [6, 6.07) is 7.32. The lowest BCUT2D eigenvalue weighted by atomic mass is 10.1. The average molecular weight is 434 g/mol. The fraction of sp³-hybridized carbons (Fsp3) is 0.375. The van der Waals surface area contributed by atoms with Crippen LogP contribution in [0.3, 0.4) is 0 Å². The third kappa shape index (κ3) is 5.38. The molecule has 0 unspecified atom stereocenters. The third-order valence-corrected chi connectivity index (χ3v) is 5.68. The largest absolute Gasteiger partial charge is 0.474 e. The third-order valence-electron chi connectivity index (χ3n) is 5.68. The van der Waals surface area contributed by atoms with Crippen molar-refractivity contribution in [1.82, 2.24) is 25.3 Å². The highest BCUT2D eigenvalue weighted by Crippen LogP contribution is 2.25. The van der Waals surface area contributed by atoms with Crippen molar-refractivity contribution in [2.24, 2.45) is 0 Å². The zero-order valence-corrected chi connectivity index (χ0v) is 18.1. The lowest BCUT2D eigenvalue weighted by Crippen LogP contribution is -2.26. The molecule has 1 aliphatic carbocycles. The van der Waals surface area contributed by atoms with Crippen LogP contribution in [0.15, 0.2) is 47.7 Å². The van der Waals surface area contributed by atoms with Gasteiger partial charge < -0.3 is 15.0 Å². The molecule has 8 heteroatoms. The second-order valence-electron chi connectivity index (χ2n) is 7.98. The number of pyridine rings is 2. The molecule has 0 spiro atoms. The van der Waals surface area contributed by atoms with Gasteiger partial charge in [-0.1, -0.05) is 6.07 Å². The lowest BCUT2D eigenvalue weighted by Gasteiger charge is -2.15. The van der Waals surface area contributed by atoms with E-state index < -0.39 is 0 Å². The Morgan fingerprint density at radius 1 is 1.19 bits per heavy atom. The van der Waals surface area contributed by atoms with Crippen LogP contribution in [0.25, 0.3) is 11.4 Å². The standard InChI is InChI=1S/C24H27N5O3/c1-16-20(23(31)29-22(28-16)17-10-13-25-14-11-17)8-9-21(30)27-15-18-5-4-12-26-24(18)32-19-6-2-3-7-19/h4-5,10-14,19H,2-3,6-9,15H2,1H3,(H,27,30)(H,28,29,31). The number of carbonyl (C=O) groups excluding carboxylic acids is 1. The normalized spacial score (nSPS) is 13.8. The van der Waals surface area contributed by atoms with Crippen LogP contribution in [0, 0.1) is 6.92 Å². The number of amides is 1. The van der Waals surface area contributed by atoms with Gasteiger partial charge in [0.1, 0.15) is 11.9 Å². The van der Waals surface area contributed by atoms with Crippen molar-refractivity contribution in [1.29, 1.82) is 0 Å². The minimum atomic E-state index is -0.225. The van der Waals surface area contributed by atoms with Crippen LogP contribution in [-0.4, -0.2) is 31.9 Å². The van der Waals surface area contributed by atoms with Gasteiger partial charge in [-0.25, -0.2) is 9.97 Å². The van der Waals surface area contributed by atoms with E-state index in [0.717, 1.165) is 24.0 Å². The van der Waals surface area contributed by atoms with E-state index in [4.69, 9.17) is 4.74 Å². The van der Waals surface area contributed by atoms with Crippen LogP contribution < -0.4 is 15.6 Å². The van der Waals surface area contributed by atoms with Crippen LogP contribution in [0.2, 0.25) is 0 Å². The van der Waals surface area contributed by atoms with Crippen molar-refractivity contribution < 1.29 is 9.53 Å². The summed E-state index contributed by atoms with van der Waals surface area (Å²) >= 11 is 0. The molecular formula is C24H27N5O3. The van der Waals surface area contributed by atoms with Gasteiger partial charge in [-0.3, -0.25) is 14.6 Å². The Balaban J connectivity index is 1.34. The molecule has 1 fully saturated rings. The maximum Gasteiger partial charge on any atom is 0.254 e. The Hall–Kier alpha value is -3.55. The molecule has 3 aromatic heterocycles. The zero-order chi connectivity index (χ0) is 22.3. The number of carbonyl (C=O) groups is 1. The fourth-order valence-corrected chi connectivity index (χ4v) is 3.90. The number of hydrogen-bond acceptors (Lipinski definition) is 6. The monoisotopic (exact) mass is 433 g/mol. The maximum atomic E-state index is 12.6. The van der Waals surface area contributed by atoms with Crippen LogP contribution in [0.5, 0.6) is 5.88 Å². The highest BCUT2D eigenvalue weighted by Gasteiger charge is 2.19. The lowest BCUT2D eigenvalue weighted by molar-refractivity contribution is -0.121. The number of H-pyrrole nitrogens is 1. The summed E-state index contributed by atoms with van der Waals surface area (Å²) in [6.45, 7) is 2.12. The quantitative estimate of drug-likeness (QED) is 0.565. The molecule has 2 N–H and O–H groups in total. The van der Waals surface area contributed by atoms with Gasteiger partial charge in [0, 0.05) is 53.9 Å². The molecule has 0 aromatic carbocycles. The van der Waals surface area contributed by atoms with E-state index in [1.54, 1.807) is 37.6 Å². The summed E-state index contributed by atoms with van der Waals surface area (Å²) in [5.74, 6) is 0.940. The first-order valence-corrected chi connectivity index (χ1v) is 11.0. The molecule has 3 aromatic rings. The van der Waals surface area contributed by atoms with Gasteiger partial charge in [0.05, 0.1) is 0 Å². The topological polar surface area (TPSA) is 110 Å². The summed E-state index contributed by atoms with van der Waals surface area (Å²) in [4.78, 5) is 40.6. The molecule has 4 rings (SSSR count). The molecular weight excluding hydrogens is 406 g/mol. The van der Waals surface area contributed by atoms with Crippen molar-refractivity contribution in [3.8, 4) is 17.3 Å². The molecule has 0 bridgehead atoms. The van der Waals surface area contributed by atoms with Crippen LogP contribution in [-0.2, 0) is 17.8 Å². The summed E-state index contributed by atoms with van der Waals surface area (Å²) in [5.41, 5.74) is 2.55. The number of aromatic nitrogens is 4. The van der Waals surface area contributed by atoms with E-state index in [9.17, 15) is 9.59 Å². The maximum absolute atomic E-state index is 12.6. The summed E-state index contributed by atoms with van der Waals surface area (Å²) in [5, 5.41) is 2.91. The van der Waals surface area contributed by atoms with Gasteiger partial charge in [0.15, 0.2) is 0 Å². The summed E-state index contributed by atoms with van der Waals surface area (Å²) < 4.78 is 6.03. The Morgan fingerprint density at radius 2 is 1.97 bits per heavy atom. The average Bonchev–Trinajstić information content (AvgIpc) is 3.31. The summed E-state index contributed by atoms with van der Waals surface area (Å²) in [6.07, 6.45) is 10.2. The van der Waals surface area contributed by atoms with Gasteiger partial charge >= 0.3 is 0 Å². The highest BCUT2D eigenvalue weighted by molar-refractivity contribution is 5.76. The predicted molar refractivity (Wildman–Crippen MR) is 120 cm³/mol. The Labute approximate surface area is 186 Å². The minimum Gasteiger partial charge on any atom is -0.474 e. The van der Waals surface area contributed by atoms with E-state index in [-0.39, 0.29) is 24.0 Å². The molecule has 166 valence electrons. The van der Waals surface area contributed by atoms with E-state index in [0.29, 0.717) is 35.9 Å².